The van der Waals surface area contributed by atoms with E-state index in [0.717, 1.165) is 0 Å². The molecule has 1 rings (SSSR count). The lowest BCUT2D eigenvalue weighted by molar-refractivity contribution is -0.139. The van der Waals surface area contributed by atoms with Crippen LogP contribution in [0, 0.1) is 0 Å². The Morgan fingerprint density at radius 3 is 2.73 bits per heavy atom. The van der Waals surface area contributed by atoms with Gasteiger partial charge in [-0.2, -0.15) is 13.2 Å². The molecule has 0 aromatic carbocycles. The van der Waals surface area contributed by atoms with Crippen LogP contribution in [-0.2, 0) is 6.54 Å². The van der Waals surface area contributed by atoms with Gasteiger partial charge < -0.3 is 10.5 Å². The van der Waals surface area contributed by atoms with Crippen LogP contribution in [0.25, 0.3) is 0 Å². The maximum Gasteiger partial charge on any atom is 0.392 e. The van der Waals surface area contributed by atoms with Crippen LogP contribution in [-0.4, -0.2) is 17.8 Å². The normalized spacial score (nSPS) is 11.5. The first-order chi connectivity index (χ1) is 7.03. The highest BCUT2D eigenvalue weighted by atomic mass is 19.4. The number of nitrogens with zero attached hydrogens (tertiary/aromatic N) is 1. The van der Waals surface area contributed by atoms with Gasteiger partial charge in [0.05, 0.1) is 13.0 Å². The molecule has 0 aliphatic carbocycles. The fraction of sp³-hybridized carbons (Fsp3) is 0.444. The summed E-state index contributed by atoms with van der Waals surface area (Å²) in [4.78, 5) is 3.79. The maximum absolute atomic E-state index is 11.8. The lowest BCUT2D eigenvalue weighted by Gasteiger charge is -2.10. The quantitative estimate of drug-likeness (QED) is 0.842. The van der Waals surface area contributed by atoms with Gasteiger partial charge in [0.1, 0.15) is 5.75 Å². The summed E-state index contributed by atoms with van der Waals surface area (Å²) in [5, 5.41) is 0. The molecule has 0 aliphatic heterocycles. The van der Waals surface area contributed by atoms with Crippen LogP contribution in [0.15, 0.2) is 18.5 Å². The summed E-state index contributed by atoms with van der Waals surface area (Å²) < 4.78 is 40.4. The molecule has 2 N–H and O–H groups in total. The molecule has 1 aromatic heterocycles. The van der Waals surface area contributed by atoms with E-state index in [1.165, 1.54) is 18.5 Å². The standard InChI is InChI=1S/C9H11F3N2O/c10-9(11,12)2-4-15-8-1-3-14-6-7(8)5-13/h1,3,6H,2,4-5,13H2. The summed E-state index contributed by atoms with van der Waals surface area (Å²) >= 11 is 0. The number of ether oxygens (including phenoxy) is 1. The molecule has 0 fully saturated rings. The molecule has 0 atom stereocenters. The molecule has 6 heteroatoms. The van der Waals surface area contributed by atoms with Gasteiger partial charge in [-0.15, -0.1) is 0 Å². The van der Waals surface area contributed by atoms with Crippen LogP contribution < -0.4 is 10.5 Å². The first-order valence-corrected chi connectivity index (χ1v) is 4.35. The van der Waals surface area contributed by atoms with Crippen molar-refractivity contribution in [1.29, 1.82) is 0 Å². The van der Waals surface area contributed by atoms with Gasteiger partial charge in [0.25, 0.3) is 0 Å². The highest BCUT2D eigenvalue weighted by Crippen LogP contribution is 2.21. The van der Waals surface area contributed by atoms with Gasteiger partial charge in [-0.1, -0.05) is 0 Å². The van der Waals surface area contributed by atoms with Gasteiger partial charge in [-0.05, 0) is 6.07 Å². The highest BCUT2D eigenvalue weighted by molar-refractivity contribution is 5.29. The molecule has 3 nitrogen and oxygen atoms in total. The van der Waals surface area contributed by atoms with Crippen molar-refractivity contribution in [1.82, 2.24) is 4.98 Å². The van der Waals surface area contributed by atoms with Crippen molar-refractivity contribution in [3.63, 3.8) is 0 Å². The third-order valence-corrected chi connectivity index (χ3v) is 1.72. The van der Waals surface area contributed by atoms with Crippen molar-refractivity contribution in [2.45, 2.75) is 19.1 Å². The second-order valence-electron chi connectivity index (χ2n) is 2.90. The molecule has 0 spiro atoms. The third kappa shape index (κ3) is 4.16. The minimum Gasteiger partial charge on any atom is -0.493 e. The van der Waals surface area contributed by atoms with Crippen molar-refractivity contribution in [2.75, 3.05) is 6.61 Å². The van der Waals surface area contributed by atoms with Crippen LogP contribution in [0.4, 0.5) is 13.2 Å². The number of rotatable bonds is 4. The van der Waals surface area contributed by atoms with Crippen LogP contribution in [0.2, 0.25) is 0 Å². The van der Waals surface area contributed by atoms with Crippen molar-refractivity contribution >= 4 is 0 Å². The summed E-state index contributed by atoms with van der Waals surface area (Å²) in [5.41, 5.74) is 5.96. The number of halogens is 3. The van der Waals surface area contributed by atoms with Crippen molar-refractivity contribution in [2.24, 2.45) is 5.73 Å². The lowest BCUT2D eigenvalue weighted by Crippen LogP contribution is -2.14. The van der Waals surface area contributed by atoms with E-state index in [9.17, 15) is 13.2 Å². The molecule has 1 aromatic rings. The fourth-order valence-electron chi connectivity index (χ4n) is 0.985. The SMILES string of the molecule is NCc1cnccc1OCCC(F)(F)F. The minimum absolute atomic E-state index is 0.190. The average Bonchev–Trinajstić information content (AvgIpc) is 2.16. The van der Waals surface area contributed by atoms with Crippen molar-refractivity contribution in [3.05, 3.63) is 24.0 Å². The van der Waals surface area contributed by atoms with Crippen LogP contribution >= 0.6 is 0 Å². The molecular weight excluding hydrogens is 209 g/mol. The van der Waals surface area contributed by atoms with Gasteiger partial charge in [0.15, 0.2) is 0 Å². The predicted molar refractivity (Wildman–Crippen MR) is 48.3 cm³/mol. The molecule has 0 saturated carbocycles. The summed E-state index contributed by atoms with van der Waals surface area (Å²) in [6.07, 6.45) is -2.25. The van der Waals surface area contributed by atoms with Gasteiger partial charge in [-0.25, -0.2) is 0 Å². The summed E-state index contributed by atoms with van der Waals surface area (Å²) in [7, 11) is 0. The Morgan fingerprint density at radius 2 is 2.13 bits per heavy atom. The summed E-state index contributed by atoms with van der Waals surface area (Å²) in [5.74, 6) is 0.358. The van der Waals surface area contributed by atoms with Gasteiger partial charge in [0, 0.05) is 24.5 Å². The van der Waals surface area contributed by atoms with Crippen LogP contribution in [0.1, 0.15) is 12.0 Å². The molecule has 1 heterocycles. The van der Waals surface area contributed by atoms with Crippen molar-refractivity contribution < 1.29 is 17.9 Å². The Hall–Kier alpha value is -1.30. The van der Waals surface area contributed by atoms with Gasteiger partial charge >= 0.3 is 6.18 Å². The van der Waals surface area contributed by atoms with Gasteiger partial charge in [0.2, 0.25) is 0 Å². The number of pyridine rings is 1. The topological polar surface area (TPSA) is 48.1 Å². The molecular formula is C9H11F3N2O. The third-order valence-electron chi connectivity index (χ3n) is 1.72. The lowest BCUT2D eigenvalue weighted by atomic mass is 10.2. The largest absolute Gasteiger partial charge is 0.493 e. The first kappa shape index (κ1) is 11.8. The van der Waals surface area contributed by atoms with E-state index < -0.39 is 19.2 Å². The Balaban J connectivity index is 2.50. The van der Waals surface area contributed by atoms with Crippen LogP contribution in [0.3, 0.4) is 0 Å². The Morgan fingerprint density at radius 1 is 1.40 bits per heavy atom. The van der Waals surface area contributed by atoms with Crippen LogP contribution in [0.5, 0.6) is 5.75 Å². The predicted octanol–water partition coefficient (Wildman–Crippen LogP) is 1.87. The van der Waals surface area contributed by atoms with Crippen molar-refractivity contribution in [3.8, 4) is 5.75 Å². The molecule has 0 radical (unpaired) electrons. The average molecular weight is 220 g/mol. The Kier molecular flexibility index (Phi) is 3.90. The number of nitrogens with two attached hydrogens (primary N) is 1. The number of hydrogen-bond donors (Lipinski definition) is 1. The Bertz CT molecular complexity index is 314. The number of alkyl halides is 3. The Labute approximate surface area is 85.1 Å². The molecule has 0 saturated heterocycles. The van der Waals surface area contributed by atoms with E-state index in [2.05, 4.69) is 4.98 Å². The summed E-state index contributed by atoms with van der Waals surface area (Å²) in [6.45, 7) is -0.213. The smallest absolute Gasteiger partial charge is 0.392 e. The van der Waals surface area contributed by atoms with E-state index in [1.54, 1.807) is 0 Å². The molecule has 84 valence electrons. The molecule has 0 amide bonds. The number of hydrogen-bond acceptors (Lipinski definition) is 3. The monoisotopic (exact) mass is 220 g/mol. The van der Waals surface area contributed by atoms with E-state index in [-0.39, 0.29) is 6.54 Å². The van der Waals surface area contributed by atoms with E-state index in [4.69, 9.17) is 10.5 Å². The second kappa shape index (κ2) is 4.97. The molecule has 0 aliphatic rings. The summed E-state index contributed by atoms with van der Waals surface area (Å²) in [6, 6.07) is 1.50. The van der Waals surface area contributed by atoms with E-state index >= 15 is 0 Å². The van der Waals surface area contributed by atoms with E-state index in [1.807, 2.05) is 0 Å². The molecule has 15 heavy (non-hydrogen) atoms. The highest BCUT2D eigenvalue weighted by Gasteiger charge is 2.26. The fourth-order valence-corrected chi connectivity index (χ4v) is 0.985. The molecule has 0 bridgehead atoms. The first-order valence-electron chi connectivity index (χ1n) is 4.35. The minimum atomic E-state index is -4.20. The zero-order valence-electron chi connectivity index (χ0n) is 7.92. The molecule has 0 unspecified atom stereocenters. The zero-order valence-corrected chi connectivity index (χ0v) is 7.92. The second-order valence-corrected chi connectivity index (χ2v) is 2.90. The number of aromatic nitrogens is 1. The zero-order chi connectivity index (χ0) is 11.3. The van der Waals surface area contributed by atoms with Gasteiger partial charge in [-0.3, -0.25) is 4.98 Å². The van der Waals surface area contributed by atoms with E-state index in [0.29, 0.717) is 11.3 Å². The maximum atomic E-state index is 11.8.